The normalized spacial score (nSPS) is 29.2. The number of nitrogens with one attached hydrogen (secondary N) is 1. The van der Waals surface area contributed by atoms with Crippen molar-refractivity contribution in [3.05, 3.63) is 35.0 Å². The number of aromatic nitrogens is 1. The zero-order valence-electron chi connectivity index (χ0n) is 14.3. The molecule has 3 aliphatic rings. The molecule has 2 fully saturated rings. The van der Waals surface area contributed by atoms with Crippen molar-refractivity contribution < 1.29 is 9.59 Å². The number of allylic oxidation sites excluding steroid dienone is 2. The Hall–Kier alpha value is -2.68. The second kappa shape index (κ2) is 5.69. The van der Waals surface area contributed by atoms with Gasteiger partial charge >= 0.3 is 0 Å². The summed E-state index contributed by atoms with van der Waals surface area (Å²) in [5.41, 5.74) is 2.19. The molecule has 2 aliphatic carbocycles. The first-order valence-corrected chi connectivity index (χ1v) is 8.67. The number of carbonyl (C=O) groups is 2. The fourth-order valence-electron chi connectivity index (χ4n) is 4.58. The van der Waals surface area contributed by atoms with E-state index in [1.807, 2.05) is 19.9 Å². The lowest BCUT2D eigenvalue weighted by Crippen LogP contribution is -2.36. The Morgan fingerprint density at radius 3 is 2.48 bits per heavy atom. The number of hydrogen-bond acceptors (Lipinski definition) is 5. The average Bonchev–Trinajstić information content (AvgIpc) is 3.23. The van der Waals surface area contributed by atoms with Crippen molar-refractivity contribution in [3.8, 4) is 6.07 Å². The highest BCUT2D eigenvalue weighted by Gasteiger charge is 2.58. The quantitative estimate of drug-likeness (QED) is 0.669. The van der Waals surface area contributed by atoms with Gasteiger partial charge in [0.2, 0.25) is 11.8 Å². The third kappa shape index (κ3) is 2.34. The molecule has 0 spiro atoms. The summed E-state index contributed by atoms with van der Waals surface area (Å²) in [6, 6.07) is 4.02. The minimum Gasteiger partial charge on any atom is -0.367 e. The minimum absolute atomic E-state index is 0.0393. The third-order valence-electron chi connectivity index (χ3n) is 5.65. The summed E-state index contributed by atoms with van der Waals surface area (Å²) >= 11 is 0. The number of anilines is 1. The van der Waals surface area contributed by atoms with E-state index in [0.717, 1.165) is 17.7 Å². The van der Waals surface area contributed by atoms with Gasteiger partial charge in [0.25, 0.3) is 0 Å². The molecule has 1 aromatic rings. The van der Waals surface area contributed by atoms with Gasteiger partial charge in [0, 0.05) is 18.8 Å². The molecule has 1 aromatic heterocycles. The number of imide groups is 1. The van der Waals surface area contributed by atoms with Gasteiger partial charge in [0.15, 0.2) is 0 Å². The number of nitriles is 1. The van der Waals surface area contributed by atoms with Gasteiger partial charge in [-0.15, -0.1) is 0 Å². The zero-order valence-corrected chi connectivity index (χ0v) is 14.3. The smallest absolute Gasteiger partial charge is 0.233 e. The van der Waals surface area contributed by atoms with Crippen LogP contribution in [0.4, 0.5) is 5.82 Å². The van der Waals surface area contributed by atoms with E-state index < -0.39 is 0 Å². The predicted molar refractivity (Wildman–Crippen MR) is 91.4 cm³/mol. The van der Waals surface area contributed by atoms with E-state index >= 15 is 0 Å². The van der Waals surface area contributed by atoms with E-state index in [1.165, 1.54) is 4.90 Å². The number of amides is 2. The molecule has 1 saturated heterocycles. The summed E-state index contributed by atoms with van der Waals surface area (Å²) in [5, 5.41) is 12.4. The van der Waals surface area contributed by atoms with Crippen LogP contribution in [0.3, 0.4) is 0 Å². The molecule has 2 heterocycles. The van der Waals surface area contributed by atoms with Gasteiger partial charge in [-0.1, -0.05) is 12.2 Å². The Labute approximate surface area is 146 Å². The topological polar surface area (TPSA) is 86.1 Å². The van der Waals surface area contributed by atoms with Crippen molar-refractivity contribution in [1.82, 2.24) is 9.88 Å². The maximum Gasteiger partial charge on any atom is 0.233 e. The van der Waals surface area contributed by atoms with Crippen LogP contribution in [0.1, 0.15) is 23.2 Å². The molecule has 6 heteroatoms. The number of rotatable bonds is 4. The summed E-state index contributed by atoms with van der Waals surface area (Å²) in [4.78, 5) is 31.0. The van der Waals surface area contributed by atoms with E-state index in [0.29, 0.717) is 24.5 Å². The lowest BCUT2D eigenvalue weighted by molar-refractivity contribution is -0.140. The molecule has 128 valence electrons. The molecule has 1 saturated carbocycles. The molecule has 0 unspecified atom stereocenters. The molecule has 4 rings (SSSR count). The molecule has 25 heavy (non-hydrogen) atoms. The van der Waals surface area contributed by atoms with E-state index in [2.05, 4.69) is 28.5 Å². The van der Waals surface area contributed by atoms with Gasteiger partial charge in [0.05, 0.1) is 17.4 Å². The molecule has 2 amide bonds. The van der Waals surface area contributed by atoms with Gasteiger partial charge in [-0.25, -0.2) is 4.98 Å². The number of aryl methyl sites for hydroxylation is 2. The molecule has 0 radical (unpaired) electrons. The maximum atomic E-state index is 12.6. The maximum absolute atomic E-state index is 12.6. The Bertz CT molecular complexity index is 809. The molecule has 1 aliphatic heterocycles. The second-order valence-electron chi connectivity index (χ2n) is 7.17. The lowest BCUT2D eigenvalue weighted by Gasteiger charge is -2.18. The average molecular weight is 336 g/mol. The fraction of sp³-hybridized carbons (Fsp3) is 0.474. The van der Waals surface area contributed by atoms with Crippen molar-refractivity contribution in [2.45, 2.75) is 20.3 Å². The number of carbonyl (C=O) groups excluding carboxylic acids is 2. The van der Waals surface area contributed by atoms with Crippen molar-refractivity contribution in [2.24, 2.45) is 23.7 Å². The molecule has 0 aromatic carbocycles. The standard InChI is InChI=1S/C19H20N4O2/c1-10-7-11(2)22-17(14(10)9-20)21-5-6-23-18(24)15-12-3-4-13(8-12)16(15)19(23)25/h3-4,7,12-13,15-16H,5-6,8H2,1-2H3,(H,21,22)/t12-,13-,15+,16+/m0/s1. The van der Waals surface area contributed by atoms with E-state index in [4.69, 9.17) is 0 Å². The van der Waals surface area contributed by atoms with Gasteiger partial charge in [0.1, 0.15) is 11.9 Å². The van der Waals surface area contributed by atoms with E-state index in [-0.39, 0.29) is 35.5 Å². The number of pyridine rings is 1. The van der Waals surface area contributed by atoms with Crippen LogP contribution in [0.15, 0.2) is 18.2 Å². The van der Waals surface area contributed by atoms with Gasteiger partial charge in [-0.3, -0.25) is 14.5 Å². The Morgan fingerprint density at radius 2 is 1.88 bits per heavy atom. The van der Waals surface area contributed by atoms with Gasteiger partial charge in [-0.2, -0.15) is 5.26 Å². The summed E-state index contributed by atoms with van der Waals surface area (Å²) in [7, 11) is 0. The van der Waals surface area contributed by atoms with Crippen LogP contribution in [0.2, 0.25) is 0 Å². The summed E-state index contributed by atoms with van der Waals surface area (Å²) < 4.78 is 0. The van der Waals surface area contributed by atoms with E-state index in [9.17, 15) is 14.9 Å². The van der Waals surface area contributed by atoms with E-state index in [1.54, 1.807) is 0 Å². The van der Waals surface area contributed by atoms with Crippen molar-refractivity contribution in [3.63, 3.8) is 0 Å². The highest BCUT2D eigenvalue weighted by Crippen LogP contribution is 2.52. The fourth-order valence-corrected chi connectivity index (χ4v) is 4.58. The summed E-state index contributed by atoms with van der Waals surface area (Å²) in [6.07, 6.45) is 5.13. The SMILES string of the molecule is Cc1cc(C)c(C#N)c(NCCN2C(=O)[C@H]3[C@H](C2=O)[C@H]2C=C[C@H]3C2)n1. The first-order chi connectivity index (χ1) is 12.0. The molecular weight excluding hydrogens is 316 g/mol. The van der Waals surface area contributed by atoms with Crippen molar-refractivity contribution in [2.75, 3.05) is 18.4 Å². The summed E-state index contributed by atoms with van der Waals surface area (Å²) in [5.74, 6) is 0.588. The molecular formula is C19H20N4O2. The predicted octanol–water partition coefficient (Wildman–Crippen LogP) is 1.79. The lowest BCUT2D eigenvalue weighted by atomic mass is 9.85. The van der Waals surface area contributed by atoms with Gasteiger partial charge < -0.3 is 5.32 Å². The second-order valence-corrected chi connectivity index (χ2v) is 7.17. The number of hydrogen-bond donors (Lipinski definition) is 1. The Morgan fingerprint density at radius 1 is 1.24 bits per heavy atom. The van der Waals surface area contributed by atoms with Gasteiger partial charge in [-0.05, 0) is 43.7 Å². The largest absolute Gasteiger partial charge is 0.367 e. The van der Waals surface area contributed by atoms with Crippen LogP contribution in [-0.4, -0.2) is 34.8 Å². The van der Waals surface area contributed by atoms with Crippen LogP contribution in [0, 0.1) is 48.9 Å². The minimum atomic E-state index is -0.156. The monoisotopic (exact) mass is 336 g/mol. The molecule has 4 atom stereocenters. The van der Waals surface area contributed by atoms with Crippen LogP contribution in [0.25, 0.3) is 0 Å². The van der Waals surface area contributed by atoms with Crippen LogP contribution < -0.4 is 5.32 Å². The van der Waals surface area contributed by atoms with Crippen molar-refractivity contribution in [1.29, 1.82) is 5.26 Å². The zero-order chi connectivity index (χ0) is 17.7. The molecule has 1 N–H and O–H groups in total. The molecule has 2 bridgehead atoms. The number of fused-ring (bicyclic) bond motifs is 5. The van der Waals surface area contributed by atoms with Crippen LogP contribution >= 0.6 is 0 Å². The first kappa shape index (κ1) is 15.8. The Kier molecular flexibility index (Phi) is 3.60. The van der Waals surface area contributed by atoms with Crippen LogP contribution in [-0.2, 0) is 9.59 Å². The van der Waals surface area contributed by atoms with Crippen molar-refractivity contribution >= 4 is 17.6 Å². The number of nitrogens with zero attached hydrogens (tertiary/aromatic N) is 3. The molecule has 6 nitrogen and oxygen atoms in total. The van der Waals surface area contributed by atoms with Crippen LogP contribution in [0.5, 0.6) is 0 Å². The summed E-state index contributed by atoms with van der Waals surface area (Å²) in [6.45, 7) is 4.45. The highest BCUT2D eigenvalue weighted by atomic mass is 16.2. The Balaban J connectivity index is 1.45. The number of likely N-dealkylation sites (tertiary alicyclic amines) is 1. The third-order valence-corrected chi connectivity index (χ3v) is 5.65. The highest BCUT2D eigenvalue weighted by molar-refractivity contribution is 6.06. The first-order valence-electron chi connectivity index (χ1n) is 8.67.